The monoisotopic (exact) mass is 1130 g/mol. The third-order valence-corrected chi connectivity index (χ3v) is 14.7. The van der Waals surface area contributed by atoms with Gasteiger partial charge < -0.3 is 15.5 Å². The molecule has 0 aromatic carbocycles. The third kappa shape index (κ3) is 66.5. The van der Waals surface area contributed by atoms with Crippen LogP contribution in [-0.4, -0.2) is 34.9 Å². The molecule has 0 spiro atoms. The van der Waals surface area contributed by atoms with Gasteiger partial charge in [-0.25, -0.2) is 0 Å². The van der Waals surface area contributed by atoms with E-state index in [1.807, 2.05) is 6.08 Å². The van der Waals surface area contributed by atoms with Crippen LogP contribution >= 0.6 is 0 Å². The fourth-order valence-electron chi connectivity index (χ4n) is 9.53. The lowest BCUT2D eigenvalue weighted by Gasteiger charge is -2.19. The van der Waals surface area contributed by atoms with E-state index in [9.17, 15) is 15.0 Å². The van der Waals surface area contributed by atoms with Crippen LogP contribution in [0.1, 0.15) is 296 Å². The molecule has 0 saturated heterocycles. The van der Waals surface area contributed by atoms with Crippen LogP contribution in [-0.2, 0) is 4.79 Å². The lowest BCUT2D eigenvalue weighted by molar-refractivity contribution is -0.123. The van der Waals surface area contributed by atoms with Crippen LogP contribution in [0.25, 0.3) is 0 Å². The normalized spacial score (nSPS) is 13.9. The van der Waals surface area contributed by atoms with Crippen LogP contribution in [0.3, 0.4) is 0 Å². The van der Waals surface area contributed by atoms with Gasteiger partial charge in [-0.15, -0.1) is 0 Å². The van der Waals surface area contributed by atoms with Crippen molar-refractivity contribution in [1.29, 1.82) is 0 Å². The van der Waals surface area contributed by atoms with E-state index in [-0.39, 0.29) is 12.5 Å². The van der Waals surface area contributed by atoms with Crippen molar-refractivity contribution in [1.82, 2.24) is 5.32 Å². The molecule has 1 amide bonds. The summed E-state index contributed by atoms with van der Waals surface area (Å²) in [4.78, 5) is 12.5. The van der Waals surface area contributed by atoms with Gasteiger partial charge in [-0.3, -0.25) is 4.79 Å². The molecule has 0 bridgehead atoms. The van der Waals surface area contributed by atoms with Crippen molar-refractivity contribution in [3.8, 4) is 0 Å². The second kappa shape index (κ2) is 71.0. The van der Waals surface area contributed by atoms with Gasteiger partial charge in [0, 0.05) is 6.42 Å². The predicted octanol–water partition coefficient (Wildman–Crippen LogP) is 23.8. The van der Waals surface area contributed by atoms with Gasteiger partial charge >= 0.3 is 0 Å². The number of aliphatic hydroxyl groups is 2. The van der Waals surface area contributed by atoms with E-state index in [1.165, 1.54) is 148 Å². The van der Waals surface area contributed by atoms with Gasteiger partial charge in [0.15, 0.2) is 0 Å². The van der Waals surface area contributed by atoms with E-state index in [4.69, 9.17) is 0 Å². The summed E-state index contributed by atoms with van der Waals surface area (Å²) in [5, 5.41) is 23.2. The smallest absolute Gasteiger partial charge is 0.220 e. The highest BCUT2D eigenvalue weighted by molar-refractivity contribution is 5.76. The summed E-state index contributed by atoms with van der Waals surface area (Å²) in [7, 11) is 0. The molecule has 0 fully saturated rings. The zero-order valence-electron chi connectivity index (χ0n) is 53.4. The van der Waals surface area contributed by atoms with Crippen molar-refractivity contribution in [3.63, 3.8) is 0 Å². The van der Waals surface area contributed by atoms with Gasteiger partial charge in [-0.1, -0.05) is 338 Å². The molecule has 0 radical (unpaired) electrons. The molecule has 464 valence electrons. The second-order valence-corrected chi connectivity index (χ2v) is 22.5. The highest BCUT2D eigenvalue weighted by Gasteiger charge is 2.18. The molecule has 0 rings (SSSR count). The Hall–Kier alpha value is -4.25. The first-order valence-electron chi connectivity index (χ1n) is 34.3. The van der Waals surface area contributed by atoms with E-state index < -0.39 is 12.1 Å². The maximum atomic E-state index is 12.5. The van der Waals surface area contributed by atoms with Crippen molar-refractivity contribution in [2.75, 3.05) is 6.61 Å². The molecule has 2 atom stereocenters. The number of aliphatic hydroxyl groups excluding tert-OH is 2. The maximum absolute atomic E-state index is 12.5. The van der Waals surface area contributed by atoms with Crippen LogP contribution in [0, 0.1) is 0 Å². The molecule has 0 heterocycles. The Balaban J connectivity index is 3.67. The zero-order valence-corrected chi connectivity index (χ0v) is 53.4. The first kappa shape index (κ1) is 77.8. The van der Waals surface area contributed by atoms with Crippen molar-refractivity contribution in [2.45, 2.75) is 309 Å². The molecule has 0 aliphatic heterocycles. The Kier molecular flexibility index (Phi) is 67.3. The van der Waals surface area contributed by atoms with Crippen LogP contribution in [0.4, 0.5) is 0 Å². The van der Waals surface area contributed by atoms with Gasteiger partial charge in [0.1, 0.15) is 0 Å². The maximum Gasteiger partial charge on any atom is 0.220 e. The van der Waals surface area contributed by atoms with Crippen molar-refractivity contribution in [3.05, 3.63) is 170 Å². The Morgan fingerprint density at radius 2 is 0.549 bits per heavy atom. The number of carbonyl (C=O) groups is 1. The van der Waals surface area contributed by atoms with Crippen molar-refractivity contribution >= 4 is 5.91 Å². The Labute approximate surface area is 508 Å². The lowest BCUT2D eigenvalue weighted by Crippen LogP contribution is -2.45. The SMILES string of the molecule is CC/C=C\C/C=C\C/C=C\C/C=C\C/C=C\C/C=C\C/C=C\C/C=C\C/C=C\C/C=C\C/C=C\C/C=C\CCCCCCC(=O)NC(CO)C(O)/C=C/CC/C=C/CCCCCCCCCCCCCCCCCCCCCCCCC. The van der Waals surface area contributed by atoms with Gasteiger partial charge in [-0.2, -0.15) is 0 Å². The molecule has 0 aromatic heterocycles. The van der Waals surface area contributed by atoms with E-state index in [0.29, 0.717) is 6.42 Å². The highest BCUT2D eigenvalue weighted by Crippen LogP contribution is 2.16. The van der Waals surface area contributed by atoms with E-state index in [2.05, 4.69) is 177 Å². The summed E-state index contributed by atoms with van der Waals surface area (Å²) in [6.45, 7) is 4.18. The number of carbonyl (C=O) groups excluding carboxylic acids is 1. The molecule has 82 heavy (non-hydrogen) atoms. The number of rotatable bonds is 61. The summed E-state index contributed by atoms with van der Waals surface area (Å²) < 4.78 is 0. The summed E-state index contributed by atoms with van der Waals surface area (Å²) in [6, 6.07) is -0.668. The van der Waals surface area contributed by atoms with E-state index >= 15 is 0 Å². The molecule has 3 N–H and O–H groups in total. The minimum Gasteiger partial charge on any atom is -0.394 e. The molecule has 0 saturated carbocycles. The molecule has 2 unspecified atom stereocenters. The molecule has 0 aliphatic carbocycles. The summed E-state index contributed by atoms with van der Waals surface area (Å²) in [5.74, 6) is -0.103. The minimum absolute atomic E-state index is 0.103. The number of amides is 1. The Morgan fingerprint density at radius 1 is 0.305 bits per heavy atom. The van der Waals surface area contributed by atoms with Crippen LogP contribution in [0.15, 0.2) is 170 Å². The van der Waals surface area contributed by atoms with Crippen molar-refractivity contribution < 1.29 is 15.0 Å². The Morgan fingerprint density at radius 3 is 0.854 bits per heavy atom. The molecule has 4 nitrogen and oxygen atoms in total. The van der Waals surface area contributed by atoms with Crippen molar-refractivity contribution in [2.24, 2.45) is 0 Å². The predicted molar refractivity (Wildman–Crippen MR) is 367 cm³/mol. The molecule has 0 aliphatic rings. The standard InChI is InChI=1S/C78H129NO3/c1-3-5-7-9-11-13-15-17-19-21-23-25-27-29-31-33-34-35-36-37-38-39-40-41-42-43-44-46-48-50-52-54-56-58-60-62-64-66-68-70-72-74-78(82)79-76(75-80)77(81)73-71-69-67-65-63-61-59-57-55-53-51-49-47-45-32-30-28-26-24-22-20-18-16-14-12-10-8-6-4-2/h5,7,11,13,17,19,23,25,29,31,34-35,37-38,40-41,43-44,48,50,54,56,60,62-63,65,71,73,76-77,80-81H,3-4,6,8-10,12,14-16,18,20-22,24,26-28,30,32-33,36,39,42,45-47,49,51-53,55,57-59,61,64,66-70,72,74-75H2,1-2H3,(H,79,82)/b7-5-,13-11-,19-17-,25-23-,31-29-,35-34-,38-37-,41-40-,44-43-,50-48-,56-54-,62-60-,65-63+,73-71+. The van der Waals surface area contributed by atoms with Gasteiger partial charge in [0.2, 0.25) is 5.91 Å². The average molecular weight is 1130 g/mol. The van der Waals surface area contributed by atoms with Crippen LogP contribution in [0.5, 0.6) is 0 Å². The molecule has 4 heteroatoms. The molecule has 0 aromatic rings. The number of hydrogen-bond donors (Lipinski definition) is 3. The van der Waals surface area contributed by atoms with Gasteiger partial charge in [-0.05, 0) is 122 Å². The van der Waals surface area contributed by atoms with Crippen LogP contribution < -0.4 is 5.32 Å². The van der Waals surface area contributed by atoms with Crippen LogP contribution in [0.2, 0.25) is 0 Å². The molecular formula is C78H129NO3. The summed E-state index contributed by atoms with van der Waals surface area (Å²) in [6.07, 6.45) is 114. The largest absolute Gasteiger partial charge is 0.394 e. The second-order valence-electron chi connectivity index (χ2n) is 22.5. The van der Waals surface area contributed by atoms with E-state index in [1.54, 1.807) is 6.08 Å². The lowest BCUT2D eigenvalue weighted by atomic mass is 10.0. The fourth-order valence-corrected chi connectivity index (χ4v) is 9.53. The number of unbranched alkanes of at least 4 members (excludes halogenated alkanes) is 28. The quantitative estimate of drug-likeness (QED) is 0.0420. The third-order valence-electron chi connectivity index (χ3n) is 14.7. The first-order valence-corrected chi connectivity index (χ1v) is 34.3. The number of hydrogen-bond acceptors (Lipinski definition) is 3. The topological polar surface area (TPSA) is 69.6 Å². The minimum atomic E-state index is -0.888. The molecular weight excluding hydrogens is 999 g/mol. The summed E-state index contributed by atoms with van der Waals surface area (Å²) in [5.41, 5.74) is 0. The zero-order chi connectivity index (χ0) is 59.1. The first-order chi connectivity index (χ1) is 40.7. The van der Waals surface area contributed by atoms with Gasteiger partial charge in [0.05, 0.1) is 18.8 Å². The van der Waals surface area contributed by atoms with E-state index in [0.717, 1.165) is 128 Å². The summed E-state index contributed by atoms with van der Waals surface area (Å²) >= 11 is 0. The highest BCUT2D eigenvalue weighted by atomic mass is 16.3. The Bertz CT molecular complexity index is 1760. The average Bonchev–Trinajstić information content (AvgIpc) is 3.50. The van der Waals surface area contributed by atoms with Gasteiger partial charge in [0.25, 0.3) is 0 Å². The number of nitrogens with one attached hydrogen (secondary N) is 1. The fraction of sp³-hybridized carbons (Fsp3) is 0.628. The number of allylic oxidation sites excluding steroid dienone is 27.